The van der Waals surface area contributed by atoms with E-state index in [-0.39, 0.29) is 17.3 Å². The summed E-state index contributed by atoms with van der Waals surface area (Å²) in [5, 5.41) is 13.0. The van der Waals surface area contributed by atoms with E-state index in [1.807, 2.05) is 20.8 Å². The number of carbonyl (C=O) groups excluding carboxylic acids is 1. The van der Waals surface area contributed by atoms with Crippen molar-refractivity contribution < 1.29 is 4.79 Å². The summed E-state index contributed by atoms with van der Waals surface area (Å²) in [5.41, 5.74) is 1.16. The molecule has 0 spiro atoms. The summed E-state index contributed by atoms with van der Waals surface area (Å²) in [6, 6.07) is 3.45. The Kier molecular flexibility index (Phi) is 4.11. The Morgan fingerprint density at radius 3 is 2.52 bits per heavy atom. The van der Waals surface area contributed by atoms with Crippen LogP contribution in [0.1, 0.15) is 36.8 Å². The lowest BCUT2D eigenvalue weighted by molar-refractivity contribution is 0.102. The number of hydrogen-bond donors (Lipinski definition) is 2. The fraction of sp³-hybridized carbons (Fsp3) is 0.357. The third kappa shape index (κ3) is 3.71. The number of nitrogens with zero attached hydrogens (tertiary/aromatic N) is 4. The fourth-order valence-electron chi connectivity index (χ4n) is 1.65. The number of amides is 1. The minimum absolute atomic E-state index is 0.160. The standard InChI is InChI=1S/C14H18N6O/c1-14(2,3)10-7-9(8-11(15-4)18-10)12(21)19-13-16-5-6-17-20-13/h5-8H,1-4H3,(H,15,18)(H,16,19,20,21). The van der Waals surface area contributed by atoms with Gasteiger partial charge in [0.25, 0.3) is 5.91 Å². The molecule has 2 rings (SSSR count). The Morgan fingerprint density at radius 1 is 1.19 bits per heavy atom. The van der Waals surface area contributed by atoms with Gasteiger partial charge < -0.3 is 5.32 Å². The lowest BCUT2D eigenvalue weighted by atomic mass is 9.90. The van der Waals surface area contributed by atoms with Crippen molar-refractivity contribution in [2.45, 2.75) is 26.2 Å². The normalized spacial score (nSPS) is 11.0. The van der Waals surface area contributed by atoms with Crippen LogP contribution >= 0.6 is 0 Å². The number of pyridine rings is 1. The third-order valence-corrected chi connectivity index (χ3v) is 2.82. The minimum atomic E-state index is -0.299. The van der Waals surface area contributed by atoms with Gasteiger partial charge in [0.1, 0.15) is 5.82 Å². The second kappa shape index (κ2) is 5.82. The average molecular weight is 286 g/mol. The molecule has 1 amide bonds. The van der Waals surface area contributed by atoms with Crippen LogP contribution in [0, 0.1) is 0 Å². The van der Waals surface area contributed by atoms with E-state index in [4.69, 9.17) is 0 Å². The highest BCUT2D eigenvalue weighted by Crippen LogP contribution is 2.23. The van der Waals surface area contributed by atoms with Crippen LogP contribution in [0.5, 0.6) is 0 Å². The molecule has 0 saturated carbocycles. The highest BCUT2D eigenvalue weighted by atomic mass is 16.1. The molecule has 21 heavy (non-hydrogen) atoms. The number of hydrogen-bond acceptors (Lipinski definition) is 6. The van der Waals surface area contributed by atoms with E-state index in [0.29, 0.717) is 11.4 Å². The minimum Gasteiger partial charge on any atom is -0.373 e. The second-order valence-corrected chi connectivity index (χ2v) is 5.55. The Morgan fingerprint density at radius 2 is 1.95 bits per heavy atom. The van der Waals surface area contributed by atoms with Gasteiger partial charge in [-0.25, -0.2) is 9.97 Å². The molecule has 0 aliphatic rings. The van der Waals surface area contributed by atoms with Crippen LogP contribution in [0.15, 0.2) is 24.5 Å². The maximum Gasteiger partial charge on any atom is 0.258 e. The topological polar surface area (TPSA) is 92.7 Å². The van der Waals surface area contributed by atoms with Crippen LogP contribution in [-0.2, 0) is 5.41 Å². The second-order valence-electron chi connectivity index (χ2n) is 5.55. The molecule has 2 N–H and O–H groups in total. The van der Waals surface area contributed by atoms with E-state index in [1.165, 1.54) is 12.4 Å². The van der Waals surface area contributed by atoms with Gasteiger partial charge >= 0.3 is 0 Å². The third-order valence-electron chi connectivity index (χ3n) is 2.82. The summed E-state index contributed by atoms with van der Waals surface area (Å²) in [6.45, 7) is 6.13. The first-order chi connectivity index (χ1) is 9.90. The zero-order valence-corrected chi connectivity index (χ0v) is 12.5. The lowest BCUT2D eigenvalue weighted by Crippen LogP contribution is -2.19. The number of rotatable bonds is 3. The molecule has 0 bridgehead atoms. The summed E-state index contributed by atoms with van der Waals surface area (Å²) in [7, 11) is 1.76. The van der Waals surface area contributed by atoms with Crippen molar-refractivity contribution in [3.63, 3.8) is 0 Å². The summed E-state index contributed by atoms with van der Waals surface area (Å²) < 4.78 is 0. The molecule has 0 aliphatic carbocycles. The zero-order chi connectivity index (χ0) is 15.5. The first-order valence-electron chi connectivity index (χ1n) is 6.55. The van der Waals surface area contributed by atoms with Crippen LogP contribution in [0.3, 0.4) is 0 Å². The van der Waals surface area contributed by atoms with Gasteiger partial charge in [-0.05, 0) is 12.1 Å². The van der Waals surface area contributed by atoms with E-state index in [0.717, 1.165) is 5.69 Å². The molecule has 2 aromatic heterocycles. The van der Waals surface area contributed by atoms with Crippen molar-refractivity contribution >= 4 is 17.7 Å². The number of aromatic nitrogens is 4. The SMILES string of the molecule is CNc1cc(C(=O)Nc2nccnn2)cc(C(C)(C)C)n1. The van der Waals surface area contributed by atoms with E-state index in [1.54, 1.807) is 19.2 Å². The molecule has 0 aromatic carbocycles. The molecule has 0 unspecified atom stereocenters. The van der Waals surface area contributed by atoms with Crippen LogP contribution in [0.2, 0.25) is 0 Å². The van der Waals surface area contributed by atoms with Crippen LogP contribution in [0.4, 0.5) is 11.8 Å². The van der Waals surface area contributed by atoms with Gasteiger partial charge in [0.05, 0.1) is 12.4 Å². The number of anilines is 2. The molecule has 0 radical (unpaired) electrons. The Hall–Kier alpha value is -2.57. The van der Waals surface area contributed by atoms with Crippen LogP contribution in [-0.4, -0.2) is 33.1 Å². The quantitative estimate of drug-likeness (QED) is 0.894. The predicted molar refractivity (Wildman–Crippen MR) is 80.3 cm³/mol. The molecule has 7 heteroatoms. The summed E-state index contributed by atoms with van der Waals surface area (Å²) in [6.07, 6.45) is 2.91. The van der Waals surface area contributed by atoms with Crippen molar-refractivity contribution in [2.75, 3.05) is 17.7 Å². The van der Waals surface area contributed by atoms with E-state index in [2.05, 4.69) is 30.8 Å². The average Bonchev–Trinajstić information content (AvgIpc) is 2.46. The van der Waals surface area contributed by atoms with Gasteiger partial charge in [0.2, 0.25) is 5.95 Å². The Labute approximate surface area is 123 Å². The summed E-state index contributed by atoms with van der Waals surface area (Å²) in [4.78, 5) is 20.7. The van der Waals surface area contributed by atoms with E-state index in [9.17, 15) is 4.79 Å². The smallest absolute Gasteiger partial charge is 0.258 e. The van der Waals surface area contributed by atoms with Crippen molar-refractivity contribution in [3.05, 3.63) is 35.8 Å². The Bertz CT molecular complexity index is 636. The monoisotopic (exact) mass is 286 g/mol. The first-order valence-corrected chi connectivity index (χ1v) is 6.55. The molecule has 0 aliphatic heterocycles. The van der Waals surface area contributed by atoms with Gasteiger partial charge in [0, 0.05) is 23.7 Å². The molecule has 0 atom stereocenters. The van der Waals surface area contributed by atoms with E-state index < -0.39 is 0 Å². The van der Waals surface area contributed by atoms with Crippen LogP contribution in [0.25, 0.3) is 0 Å². The van der Waals surface area contributed by atoms with Crippen molar-refractivity contribution in [3.8, 4) is 0 Å². The maximum absolute atomic E-state index is 12.3. The summed E-state index contributed by atoms with van der Waals surface area (Å²) in [5.74, 6) is 0.509. The molecule has 0 fully saturated rings. The zero-order valence-electron chi connectivity index (χ0n) is 12.5. The van der Waals surface area contributed by atoms with Gasteiger partial charge in [-0.2, -0.15) is 5.10 Å². The largest absolute Gasteiger partial charge is 0.373 e. The molecule has 2 heterocycles. The lowest BCUT2D eigenvalue weighted by Gasteiger charge is -2.19. The van der Waals surface area contributed by atoms with Crippen molar-refractivity contribution in [1.82, 2.24) is 20.2 Å². The predicted octanol–water partition coefficient (Wildman–Crippen LogP) is 1.86. The molecule has 110 valence electrons. The van der Waals surface area contributed by atoms with Crippen LogP contribution < -0.4 is 10.6 Å². The van der Waals surface area contributed by atoms with Gasteiger partial charge in [-0.1, -0.05) is 20.8 Å². The number of nitrogens with one attached hydrogen (secondary N) is 2. The number of carbonyl (C=O) groups is 1. The van der Waals surface area contributed by atoms with Crippen molar-refractivity contribution in [2.24, 2.45) is 0 Å². The van der Waals surface area contributed by atoms with Gasteiger partial charge in [-0.15, -0.1) is 5.10 Å². The van der Waals surface area contributed by atoms with Gasteiger partial charge in [-0.3, -0.25) is 10.1 Å². The molecular weight excluding hydrogens is 268 g/mol. The fourth-order valence-corrected chi connectivity index (χ4v) is 1.65. The van der Waals surface area contributed by atoms with E-state index >= 15 is 0 Å². The molecular formula is C14H18N6O. The highest BCUT2D eigenvalue weighted by molar-refractivity contribution is 6.03. The maximum atomic E-state index is 12.3. The van der Waals surface area contributed by atoms with Gasteiger partial charge in [0.15, 0.2) is 0 Å². The molecule has 2 aromatic rings. The first kappa shape index (κ1) is 14.8. The van der Waals surface area contributed by atoms with Crippen molar-refractivity contribution in [1.29, 1.82) is 0 Å². The molecule has 0 saturated heterocycles. The Balaban J connectivity index is 2.32. The molecule has 7 nitrogen and oxygen atoms in total. The highest BCUT2D eigenvalue weighted by Gasteiger charge is 2.19. The summed E-state index contributed by atoms with van der Waals surface area (Å²) >= 11 is 0.